The molecule has 1 N–H and O–H groups in total. The summed E-state index contributed by atoms with van der Waals surface area (Å²) < 4.78 is 2.20. The molecule has 0 spiro atoms. The van der Waals surface area contributed by atoms with Crippen LogP contribution in [-0.2, 0) is 11.3 Å². The van der Waals surface area contributed by atoms with Gasteiger partial charge in [0.2, 0.25) is 5.91 Å². The van der Waals surface area contributed by atoms with Crippen molar-refractivity contribution < 1.29 is 4.79 Å². The Morgan fingerprint density at radius 1 is 1.29 bits per heavy atom. The van der Waals surface area contributed by atoms with E-state index in [1.165, 1.54) is 30.3 Å². The van der Waals surface area contributed by atoms with Crippen molar-refractivity contribution in [2.45, 2.75) is 65.0 Å². The van der Waals surface area contributed by atoms with Gasteiger partial charge in [-0.25, -0.2) is 4.79 Å². The Bertz CT molecular complexity index is 575. The topological polar surface area (TPSA) is 64.0 Å². The van der Waals surface area contributed by atoms with Crippen LogP contribution in [0.15, 0.2) is 9.27 Å². The first-order chi connectivity index (χ1) is 9.99. The minimum Gasteiger partial charge on any atom is -0.352 e. The highest BCUT2D eigenvalue weighted by atomic mass is 79.9. The molecule has 116 valence electrons. The molecule has 0 saturated heterocycles. The Morgan fingerprint density at radius 3 is 2.52 bits per heavy atom. The van der Waals surface area contributed by atoms with Crippen molar-refractivity contribution >= 4 is 21.8 Å². The van der Waals surface area contributed by atoms with Crippen LogP contribution in [0.25, 0.3) is 0 Å². The molecule has 0 aliphatic heterocycles. The van der Waals surface area contributed by atoms with Crippen molar-refractivity contribution in [3.63, 3.8) is 0 Å². The van der Waals surface area contributed by atoms with Gasteiger partial charge in [-0.2, -0.15) is 4.98 Å². The third kappa shape index (κ3) is 4.15. The van der Waals surface area contributed by atoms with E-state index in [9.17, 15) is 9.59 Å². The van der Waals surface area contributed by atoms with Crippen LogP contribution in [0.1, 0.15) is 49.9 Å². The molecule has 0 radical (unpaired) electrons. The van der Waals surface area contributed by atoms with Crippen molar-refractivity contribution in [1.82, 2.24) is 14.9 Å². The summed E-state index contributed by atoms with van der Waals surface area (Å²) in [6.07, 6.45) is 6.91. The van der Waals surface area contributed by atoms with Gasteiger partial charge in [0.05, 0.1) is 10.2 Å². The molecule has 1 saturated carbocycles. The van der Waals surface area contributed by atoms with Crippen molar-refractivity contribution in [1.29, 1.82) is 0 Å². The van der Waals surface area contributed by atoms with Gasteiger partial charge in [0, 0.05) is 11.7 Å². The summed E-state index contributed by atoms with van der Waals surface area (Å²) in [7, 11) is 0. The summed E-state index contributed by atoms with van der Waals surface area (Å²) in [6.45, 7) is 3.63. The lowest BCUT2D eigenvalue weighted by Crippen LogP contribution is -2.39. The van der Waals surface area contributed by atoms with Crippen LogP contribution in [-0.4, -0.2) is 21.5 Å². The number of aryl methyl sites for hydroxylation is 1. The third-order valence-corrected chi connectivity index (χ3v) is 5.20. The van der Waals surface area contributed by atoms with Gasteiger partial charge in [-0.1, -0.05) is 25.7 Å². The largest absolute Gasteiger partial charge is 0.352 e. The molecule has 5 nitrogen and oxygen atoms in total. The zero-order valence-electron chi connectivity index (χ0n) is 12.6. The van der Waals surface area contributed by atoms with Gasteiger partial charge in [0.1, 0.15) is 6.54 Å². The van der Waals surface area contributed by atoms with Gasteiger partial charge in [0.25, 0.3) is 0 Å². The number of nitrogens with one attached hydrogen (secondary N) is 1. The SMILES string of the molecule is Cc1nc(=O)n(CC(=O)NC2CCCCCC2)c(C)c1Br. The van der Waals surface area contributed by atoms with E-state index in [1.807, 2.05) is 6.92 Å². The van der Waals surface area contributed by atoms with Gasteiger partial charge >= 0.3 is 5.69 Å². The molecular weight excluding hydrogens is 334 g/mol. The van der Waals surface area contributed by atoms with Crippen LogP contribution in [0.4, 0.5) is 0 Å². The Kier molecular flexibility index (Phi) is 5.56. The molecule has 0 aromatic carbocycles. The monoisotopic (exact) mass is 355 g/mol. The molecule has 1 amide bonds. The number of carbonyl (C=O) groups is 1. The minimum absolute atomic E-state index is 0.0348. The van der Waals surface area contributed by atoms with E-state index in [4.69, 9.17) is 0 Å². The van der Waals surface area contributed by atoms with Crippen molar-refractivity contribution in [2.24, 2.45) is 0 Å². The average Bonchev–Trinajstić information content (AvgIpc) is 2.70. The molecule has 1 aromatic rings. The second-order valence-corrected chi connectivity index (χ2v) is 6.51. The summed E-state index contributed by atoms with van der Waals surface area (Å²) in [5.41, 5.74) is 1.02. The maximum absolute atomic E-state index is 12.2. The molecule has 0 unspecified atom stereocenters. The lowest BCUT2D eigenvalue weighted by molar-refractivity contribution is -0.122. The summed E-state index contributed by atoms with van der Waals surface area (Å²) in [5.74, 6) is -0.107. The van der Waals surface area contributed by atoms with E-state index in [1.54, 1.807) is 6.92 Å². The molecule has 1 aliphatic carbocycles. The number of rotatable bonds is 3. The Morgan fingerprint density at radius 2 is 1.90 bits per heavy atom. The first kappa shape index (κ1) is 16.2. The first-order valence-electron chi connectivity index (χ1n) is 7.52. The number of aromatic nitrogens is 2. The average molecular weight is 356 g/mol. The molecule has 0 atom stereocenters. The fourth-order valence-corrected chi connectivity index (χ4v) is 3.11. The second-order valence-electron chi connectivity index (χ2n) is 5.72. The number of amides is 1. The standard InChI is InChI=1S/C15H22BrN3O2/c1-10-14(16)11(2)19(15(21)17-10)9-13(20)18-12-7-5-3-4-6-8-12/h12H,3-9H2,1-2H3,(H,18,20). The molecular formula is C15H22BrN3O2. The Labute approximate surface area is 133 Å². The van der Waals surface area contributed by atoms with Crippen molar-refractivity contribution in [3.05, 3.63) is 26.3 Å². The van der Waals surface area contributed by atoms with Crippen LogP contribution in [0.5, 0.6) is 0 Å². The summed E-state index contributed by atoms with van der Waals surface area (Å²) >= 11 is 3.41. The predicted octanol–water partition coefficient (Wildman–Crippen LogP) is 2.46. The van der Waals surface area contributed by atoms with E-state index in [2.05, 4.69) is 26.2 Å². The maximum Gasteiger partial charge on any atom is 0.348 e. The lowest BCUT2D eigenvalue weighted by atomic mass is 10.1. The van der Waals surface area contributed by atoms with E-state index in [0.29, 0.717) is 5.69 Å². The summed E-state index contributed by atoms with van der Waals surface area (Å²) in [4.78, 5) is 28.1. The highest BCUT2D eigenvalue weighted by molar-refractivity contribution is 9.10. The Balaban J connectivity index is 2.06. The molecule has 1 aliphatic rings. The van der Waals surface area contributed by atoms with Crippen LogP contribution in [0, 0.1) is 13.8 Å². The molecule has 1 aromatic heterocycles. The number of hydrogen-bond donors (Lipinski definition) is 1. The predicted molar refractivity (Wildman–Crippen MR) is 85.3 cm³/mol. The molecule has 2 rings (SSSR count). The molecule has 21 heavy (non-hydrogen) atoms. The third-order valence-electron chi connectivity index (χ3n) is 4.06. The van der Waals surface area contributed by atoms with Crippen LogP contribution < -0.4 is 11.0 Å². The highest BCUT2D eigenvalue weighted by Gasteiger charge is 2.17. The molecule has 6 heteroatoms. The van der Waals surface area contributed by atoms with Crippen LogP contribution >= 0.6 is 15.9 Å². The number of nitrogens with zero attached hydrogens (tertiary/aromatic N) is 2. The van der Waals surface area contributed by atoms with Crippen LogP contribution in [0.3, 0.4) is 0 Å². The van der Waals surface area contributed by atoms with Gasteiger partial charge in [-0.3, -0.25) is 9.36 Å². The molecule has 0 bridgehead atoms. The van der Waals surface area contributed by atoms with E-state index in [-0.39, 0.29) is 24.2 Å². The van der Waals surface area contributed by atoms with Gasteiger partial charge < -0.3 is 5.32 Å². The smallest absolute Gasteiger partial charge is 0.348 e. The number of halogens is 1. The highest BCUT2D eigenvalue weighted by Crippen LogP contribution is 2.18. The van der Waals surface area contributed by atoms with Gasteiger partial charge in [0.15, 0.2) is 0 Å². The van der Waals surface area contributed by atoms with E-state index in [0.717, 1.165) is 23.0 Å². The number of carbonyl (C=O) groups excluding carboxylic acids is 1. The minimum atomic E-state index is -0.371. The van der Waals surface area contributed by atoms with Gasteiger partial charge in [-0.15, -0.1) is 0 Å². The fraction of sp³-hybridized carbons (Fsp3) is 0.667. The lowest BCUT2D eigenvalue weighted by Gasteiger charge is -2.17. The van der Waals surface area contributed by atoms with Crippen LogP contribution in [0.2, 0.25) is 0 Å². The molecule has 1 heterocycles. The quantitative estimate of drug-likeness (QED) is 0.847. The summed E-state index contributed by atoms with van der Waals surface area (Å²) in [5, 5.41) is 3.05. The van der Waals surface area contributed by atoms with Crippen molar-refractivity contribution in [3.8, 4) is 0 Å². The maximum atomic E-state index is 12.2. The Hall–Kier alpha value is -1.17. The number of hydrogen-bond acceptors (Lipinski definition) is 3. The van der Waals surface area contributed by atoms with E-state index >= 15 is 0 Å². The summed E-state index contributed by atoms with van der Waals surface area (Å²) in [6, 6.07) is 0.248. The van der Waals surface area contributed by atoms with Gasteiger partial charge in [-0.05, 0) is 42.6 Å². The van der Waals surface area contributed by atoms with E-state index < -0.39 is 0 Å². The van der Waals surface area contributed by atoms with Crippen molar-refractivity contribution in [2.75, 3.05) is 0 Å². The normalized spacial score (nSPS) is 16.5. The zero-order valence-corrected chi connectivity index (χ0v) is 14.2. The molecule has 1 fully saturated rings. The fourth-order valence-electron chi connectivity index (χ4n) is 2.80. The first-order valence-corrected chi connectivity index (χ1v) is 8.31. The second kappa shape index (κ2) is 7.20. The zero-order chi connectivity index (χ0) is 15.4.